The molecular formula is C11H9NO. The van der Waals surface area contributed by atoms with Crippen LogP contribution in [0.3, 0.4) is 0 Å². The van der Waals surface area contributed by atoms with Gasteiger partial charge in [0.15, 0.2) is 0 Å². The van der Waals surface area contributed by atoms with Crippen LogP contribution in [0.5, 0.6) is 5.75 Å². The number of phenols is 1. The average Bonchev–Trinajstić information content (AvgIpc) is 2.19. The van der Waals surface area contributed by atoms with E-state index < -0.39 is 0 Å². The molecular weight excluding hydrogens is 162 g/mol. The van der Waals surface area contributed by atoms with Crippen LogP contribution in [0.1, 0.15) is 0 Å². The van der Waals surface area contributed by atoms with E-state index in [0.717, 1.165) is 11.1 Å². The predicted molar refractivity (Wildman–Crippen MR) is 51.3 cm³/mol. The molecule has 0 atom stereocenters. The lowest BCUT2D eigenvalue weighted by molar-refractivity contribution is 0.475. The molecule has 0 aliphatic heterocycles. The summed E-state index contributed by atoms with van der Waals surface area (Å²) >= 11 is 0. The van der Waals surface area contributed by atoms with Gasteiger partial charge < -0.3 is 5.11 Å². The number of hydrogen-bond donors (Lipinski definition) is 1. The smallest absolute Gasteiger partial charge is 0.116 e. The molecule has 0 amide bonds. The first-order valence-corrected chi connectivity index (χ1v) is 4.06. The van der Waals surface area contributed by atoms with E-state index in [1.165, 1.54) is 0 Å². The zero-order valence-electron chi connectivity index (χ0n) is 7.01. The highest BCUT2D eigenvalue weighted by atomic mass is 16.3. The van der Waals surface area contributed by atoms with Crippen molar-refractivity contribution in [1.82, 2.24) is 4.98 Å². The van der Waals surface area contributed by atoms with Gasteiger partial charge in [-0.1, -0.05) is 12.1 Å². The Bertz CT molecular complexity index is 398. The number of nitrogens with zero attached hydrogens (tertiary/aromatic N) is 1. The highest BCUT2D eigenvalue weighted by Gasteiger charge is 1.96. The second-order valence-electron chi connectivity index (χ2n) is 2.79. The Hall–Kier alpha value is -1.83. The maximum absolute atomic E-state index is 9.26. The van der Waals surface area contributed by atoms with Crippen molar-refractivity contribution in [2.75, 3.05) is 0 Å². The number of benzene rings is 1. The zero-order valence-corrected chi connectivity index (χ0v) is 7.01. The quantitative estimate of drug-likeness (QED) is 0.714. The molecule has 1 aromatic carbocycles. The van der Waals surface area contributed by atoms with E-state index in [9.17, 15) is 5.11 Å². The summed E-state index contributed by atoms with van der Waals surface area (Å²) in [7, 11) is 0. The van der Waals surface area contributed by atoms with Crippen LogP contribution in [-0.2, 0) is 0 Å². The van der Waals surface area contributed by atoms with Gasteiger partial charge in [-0.25, -0.2) is 0 Å². The summed E-state index contributed by atoms with van der Waals surface area (Å²) in [6, 6.07) is 11.0. The number of phenolic OH excluding ortho intramolecular Hbond substituents is 1. The Morgan fingerprint density at radius 2 is 1.69 bits per heavy atom. The molecule has 0 spiro atoms. The van der Waals surface area contributed by atoms with Crippen molar-refractivity contribution in [1.29, 1.82) is 0 Å². The van der Waals surface area contributed by atoms with Gasteiger partial charge in [0.1, 0.15) is 5.75 Å². The van der Waals surface area contributed by atoms with Gasteiger partial charge in [-0.2, -0.15) is 0 Å². The molecule has 0 fully saturated rings. The van der Waals surface area contributed by atoms with Crippen molar-refractivity contribution < 1.29 is 5.11 Å². The third kappa shape index (κ3) is 1.67. The van der Waals surface area contributed by atoms with Crippen LogP contribution in [0, 0.1) is 0 Å². The van der Waals surface area contributed by atoms with Crippen LogP contribution in [0.25, 0.3) is 11.1 Å². The van der Waals surface area contributed by atoms with Gasteiger partial charge in [0.25, 0.3) is 0 Å². The molecule has 1 N–H and O–H groups in total. The van der Waals surface area contributed by atoms with Crippen LogP contribution >= 0.6 is 0 Å². The first-order valence-electron chi connectivity index (χ1n) is 4.06. The lowest BCUT2D eigenvalue weighted by Crippen LogP contribution is -1.77. The SMILES string of the molecule is Oc1cccc(-c2ccncc2)c1. The summed E-state index contributed by atoms with van der Waals surface area (Å²) in [4.78, 5) is 3.93. The minimum Gasteiger partial charge on any atom is -0.508 e. The molecule has 13 heavy (non-hydrogen) atoms. The van der Waals surface area contributed by atoms with Gasteiger partial charge in [0, 0.05) is 12.4 Å². The van der Waals surface area contributed by atoms with Crippen molar-refractivity contribution in [2.24, 2.45) is 0 Å². The molecule has 0 unspecified atom stereocenters. The van der Waals surface area contributed by atoms with Crippen LogP contribution in [-0.4, -0.2) is 10.1 Å². The monoisotopic (exact) mass is 171 g/mol. The molecule has 0 aliphatic rings. The standard InChI is InChI=1S/C11H9NO/c13-11-3-1-2-10(8-11)9-4-6-12-7-5-9/h1-8,13H. The topological polar surface area (TPSA) is 33.1 Å². The predicted octanol–water partition coefficient (Wildman–Crippen LogP) is 2.45. The van der Waals surface area contributed by atoms with Gasteiger partial charge in [-0.3, -0.25) is 4.98 Å². The lowest BCUT2D eigenvalue weighted by Gasteiger charge is -2.00. The second-order valence-corrected chi connectivity index (χ2v) is 2.79. The van der Waals surface area contributed by atoms with Crippen molar-refractivity contribution in [3.8, 4) is 16.9 Å². The summed E-state index contributed by atoms with van der Waals surface area (Å²) in [5, 5.41) is 9.26. The third-order valence-corrected chi connectivity index (χ3v) is 1.86. The van der Waals surface area contributed by atoms with Gasteiger partial charge in [0.05, 0.1) is 0 Å². The van der Waals surface area contributed by atoms with E-state index >= 15 is 0 Å². The summed E-state index contributed by atoms with van der Waals surface area (Å²) < 4.78 is 0. The van der Waals surface area contributed by atoms with E-state index in [2.05, 4.69) is 4.98 Å². The van der Waals surface area contributed by atoms with Crippen molar-refractivity contribution >= 4 is 0 Å². The molecule has 2 rings (SSSR count). The van der Waals surface area contributed by atoms with Crippen molar-refractivity contribution in [2.45, 2.75) is 0 Å². The summed E-state index contributed by atoms with van der Waals surface area (Å²) in [6.07, 6.45) is 3.47. The largest absolute Gasteiger partial charge is 0.508 e. The van der Waals surface area contributed by atoms with E-state index in [1.807, 2.05) is 24.3 Å². The highest BCUT2D eigenvalue weighted by Crippen LogP contribution is 2.21. The Morgan fingerprint density at radius 1 is 0.923 bits per heavy atom. The number of pyridine rings is 1. The average molecular weight is 171 g/mol. The molecule has 0 saturated heterocycles. The minimum atomic E-state index is 0.286. The first kappa shape index (κ1) is 7.80. The van der Waals surface area contributed by atoms with Crippen LogP contribution in [0.4, 0.5) is 0 Å². The van der Waals surface area contributed by atoms with Gasteiger partial charge in [0.2, 0.25) is 0 Å². The lowest BCUT2D eigenvalue weighted by atomic mass is 10.1. The molecule has 0 bridgehead atoms. The first-order chi connectivity index (χ1) is 6.36. The van der Waals surface area contributed by atoms with E-state index in [-0.39, 0.29) is 5.75 Å². The van der Waals surface area contributed by atoms with E-state index in [0.29, 0.717) is 0 Å². The summed E-state index contributed by atoms with van der Waals surface area (Å²) in [5.41, 5.74) is 2.06. The Kier molecular flexibility index (Phi) is 1.96. The van der Waals surface area contributed by atoms with Gasteiger partial charge in [-0.15, -0.1) is 0 Å². The molecule has 1 aromatic heterocycles. The highest BCUT2D eigenvalue weighted by molar-refractivity contribution is 5.64. The summed E-state index contributed by atoms with van der Waals surface area (Å²) in [5.74, 6) is 0.286. The zero-order chi connectivity index (χ0) is 9.10. The van der Waals surface area contributed by atoms with Gasteiger partial charge in [-0.05, 0) is 35.4 Å². The van der Waals surface area contributed by atoms with Crippen molar-refractivity contribution in [3.05, 3.63) is 48.8 Å². The summed E-state index contributed by atoms with van der Waals surface area (Å²) in [6.45, 7) is 0. The maximum atomic E-state index is 9.26. The Morgan fingerprint density at radius 3 is 2.38 bits per heavy atom. The fourth-order valence-corrected chi connectivity index (χ4v) is 1.23. The number of aromatic nitrogens is 1. The number of aromatic hydroxyl groups is 1. The van der Waals surface area contributed by atoms with Crippen LogP contribution < -0.4 is 0 Å². The molecule has 0 radical (unpaired) electrons. The maximum Gasteiger partial charge on any atom is 0.116 e. The molecule has 2 nitrogen and oxygen atoms in total. The van der Waals surface area contributed by atoms with Crippen LogP contribution in [0.2, 0.25) is 0 Å². The number of rotatable bonds is 1. The molecule has 1 heterocycles. The number of hydrogen-bond acceptors (Lipinski definition) is 2. The molecule has 64 valence electrons. The van der Waals surface area contributed by atoms with E-state index in [1.54, 1.807) is 24.5 Å². The molecule has 0 aliphatic carbocycles. The minimum absolute atomic E-state index is 0.286. The second kappa shape index (κ2) is 3.27. The van der Waals surface area contributed by atoms with Gasteiger partial charge >= 0.3 is 0 Å². The fraction of sp³-hybridized carbons (Fsp3) is 0. The third-order valence-electron chi connectivity index (χ3n) is 1.86. The molecule has 2 heteroatoms. The van der Waals surface area contributed by atoms with Crippen LogP contribution in [0.15, 0.2) is 48.8 Å². The fourth-order valence-electron chi connectivity index (χ4n) is 1.23. The van der Waals surface area contributed by atoms with Crippen molar-refractivity contribution in [3.63, 3.8) is 0 Å². The normalized spacial score (nSPS) is 9.85. The Balaban J connectivity index is 2.48. The van der Waals surface area contributed by atoms with E-state index in [4.69, 9.17) is 0 Å². The molecule has 2 aromatic rings. The molecule has 0 saturated carbocycles. The Labute approximate surface area is 76.5 Å².